The summed E-state index contributed by atoms with van der Waals surface area (Å²) in [6, 6.07) is 30.4. The van der Waals surface area contributed by atoms with Gasteiger partial charge in [0, 0.05) is 33.6 Å². The second-order valence-electron chi connectivity index (χ2n) is 6.31. The summed E-state index contributed by atoms with van der Waals surface area (Å²) in [5.41, 5.74) is 2.50. The van der Waals surface area contributed by atoms with E-state index in [1.54, 1.807) is 0 Å². The first kappa shape index (κ1) is 14.5. The molecule has 1 heterocycles. The number of rotatable bonds is 2. The predicted molar refractivity (Wildman–Crippen MR) is 111 cm³/mol. The smallest absolute Gasteiger partial charge is 0.0592 e. The molecule has 0 unspecified atom stereocenters. The summed E-state index contributed by atoms with van der Waals surface area (Å²) in [5.74, 6) is 0. The topological polar surface area (TPSA) is 3.24 Å². The van der Waals surface area contributed by atoms with Gasteiger partial charge in [-0.05, 0) is 23.6 Å². The molecule has 0 saturated heterocycles. The molecule has 0 amide bonds. The average Bonchev–Trinajstić information content (AvgIpc) is 3.06. The van der Waals surface area contributed by atoms with E-state index in [1.807, 2.05) is 11.3 Å². The van der Waals surface area contributed by atoms with Gasteiger partial charge < -0.3 is 4.90 Å². The Morgan fingerprint density at radius 1 is 0.600 bits per heavy atom. The molecule has 0 atom stereocenters. The fourth-order valence-electron chi connectivity index (χ4n) is 3.63. The van der Waals surface area contributed by atoms with E-state index in [0.717, 1.165) is 0 Å². The van der Waals surface area contributed by atoms with Crippen LogP contribution in [0.15, 0.2) is 84.9 Å². The number of hydrogen-bond donors (Lipinski definition) is 0. The van der Waals surface area contributed by atoms with Crippen molar-refractivity contribution >= 4 is 53.7 Å². The van der Waals surface area contributed by atoms with Gasteiger partial charge in [-0.1, -0.05) is 66.7 Å². The minimum Gasteiger partial charge on any atom is -0.343 e. The lowest BCUT2D eigenvalue weighted by atomic mass is 10.1. The molecule has 4 aromatic carbocycles. The van der Waals surface area contributed by atoms with E-state index >= 15 is 0 Å². The zero-order chi connectivity index (χ0) is 16.8. The van der Waals surface area contributed by atoms with Crippen LogP contribution in [0, 0.1) is 0 Å². The van der Waals surface area contributed by atoms with Crippen molar-refractivity contribution in [3.8, 4) is 0 Å². The Balaban J connectivity index is 1.77. The lowest BCUT2D eigenvalue weighted by molar-refractivity contribution is 1.24. The number of fused-ring (bicyclic) bond motifs is 4. The largest absolute Gasteiger partial charge is 0.343 e. The van der Waals surface area contributed by atoms with Gasteiger partial charge in [-0.15, -0.1) is 11.3 Å². The van der Waals surface area contributed by atoms with Crippen LogP contribution in [0.25, 0.3) is 30.9 Å². The fraction of sp³-hybridized carbons (Fsp3) is 0.0435. The third-order valence-electron chi connectivity index (χ3n) is 4.87. The van der Waals surface area contributed by atoms with Crippen LogP contribution in [0.3, 0.4) is 0 Å². The fourth-order valence-corrected chi connectivity index (χ4v) is 4.88. The third kappa shape index (κ3) is 2.22. The van der Waals surface area contributed by atoms with Crippen LogP contribution in [-0.4, -0.2) is 7.05 Å². The predicted octanol–water partition coefficient (Wildman–Crippen LogP) is 6.98. The van der Waals surface area contributed by atoms with Crippen LogP contribution in [-0.2, 0) is 0 Å². The maximum atomic E-state index is 2.32. The lowest BCUT2D eigenvalue weighted by Crippen LogP contribution is -2.09. The van der Waals surface area contributed by atoms with Crippen molar-refractivity contribution in [1.82, 2.24) is 0 Å². The Morgan fingerprint density at radius 2 is 1.24 bits per heavy atom. The number of nitrogens with zero attached hydrogens (tertiary/aromatic N) is 1. The van der Waals surface area contributed by atoms with Crippen LogP contribution in [0.5, 0.6) is 0 Å². The van der Waals surface area contributed by atoms with Crippen molar-refractivity contribution in [3.63, 3.8) is 0 Å². The molecule has 5 aromatic rings. The molecular formula is C23H17NS. The van der Waals surface area contributed by atoms with Gasteiger partial charge >= 0.3 is 0 Å². The monoisotopic (exact) mass is 339 g/mol. The van der Waals surface area contributed by atoms with Crippen LogP contribution >= 0.6 is 11.3 Å². The molecule has 0 spiro atoms. The van der Waals surface area contributed by atoms with Crippen LogP contribution in [0.2, 0.25) is 0 Å². The highest BCUT2D eigenvalue weighted by Gasteiger charge is 2.14. The molecule has 0 bridgehead atoms. The minimum absolute atomic E-state index is 1.24. The first-order chi connectivity index (χ1) is 12.3. The van der Waals surface area contributed by atoms with Crippen molar-refractivity contribution in [1.29, 1.82) is 0 Å². The molecule has 5 rings (SSSR count). The molecule has 0 fully saturated rings. The maximum absolute atomic E-state index is 2.32. The van der Waals surface area contributed by atoms with E-state index < -0.39 is 0 Å². The summed E-state index contributed by atoms with van der Waals surface area (Å²) in [5, 5.41) is 5.24. The maximum Gasteiger partial charge on any atom is 0.0592 e. The van der Waals surface area contributed by atoms with Crippen molar-refractivity contribution < 1.29 is 0 Å². The summed E-state index contributed by atoms with van der Waals surface area (Å²) >= 11 is 1.88. The third-order valence-corrected chi connectivity index (χ3v) is 6.08. The van der Waals surface area contributed by atoms with Gasteiger partial charge in [-0.25, -0.2) is 0 Å². The molecule has 0 radical (unpaired) electrons. The molecule has 0 saturated carbocycles. The number of thiophene rings is 1. The van der Waals surface area contributed by atoms with Gasteiger partial charge in [-0.2, -0.15) is 0 Å². The Kier molecular flexibility index (Phi) is 3.25. The summed E-state index contributed by atoms with van der Waals surface area (Å²) in [6.07, 6.45) is 0. The van der Waals surface area contributed by atoms with E-state index in [4.69, 9.17) is 0 Å². The van der Waals surface area contributed by atoms with Gasteiger partial charge in [0.25, 0.3) is 0 Å². The highest BCUT2D eigenvalue weighted by Crippen LogP contribution is 2.41. The van der Waals surface area contributed by atoms with E-state index in [-0.39, 0.29) is 0 Å². The number of anilines is 2. The minimum atomic E-state index is 1.24. The van der Waals surface area contributed by atoms with Gasteiger partial charge in [0.2, 0.25) is 0 Å². The summed E-state index contributed by atoms with van der Waals surface area (Å²) < 4.78 is 2.69. The molecule has 0 aliphatic carbocycles. The van der Waals surface area contributed by atoms with Crippen LogP contribution in [0.4, 0.5) is 11.4 Å². The quantitative estimate of drug-likeness (QED) is 0.335. The van der Waals surface area contributed by atoms with E-state index in [0.29, 0.717) is 0 Å². The van der Waals surface area contributed by atoms with Crippen molar-refractivity contribution in [2.45, 2.75) is 0 Å². The highest BCUT2D eigenvalue weighted by molar-refractivity contribution is 7.26. The summed E-state index contributed by atoms with van der Waals surface area (Å²) in [4.78, 5) is 2.32. The zero-order valence-corrected chi connectivity index (χ0v) is 14.8. The van der Waals surface area contributed by atoms with Gasteiger partial charge in [0.15, 0.2) is 0 Å². The number of benzene rings is 4. The summed E-state index contributed by atoms with van der Waals surface area (Å²) in [6.45, 7) is 0. The Labute approximate surface area is 150 Å². The SMILES string of the molecule is CN(c1cccc2ccccc12)c1cccc2c1sc1ccccc12. The molecule has 25 heavy (non-hydrogen) atoms. The lowest BCUT2D eigenvalue weighted by Gasteiger charge is -2.22. The normalized spacial score (nSPS) is 11.4. The van der Waals surface area contributed by atoms with Crippen molar-refractivity contribution in [2.24, 2.45) is 0 Å². The van der Waals surface area contributed by atoms with E-state index in [1.165, 1.54) is 42.3 Å². The van der Waals surface area contributed by atoms with Gasteiger partial charge in [0.05, 0.1) is 10.4 Å². The second-order valence-corrected chi connectivity index (χ2v) is 7.36. The highest BCUT2D eigenvalue weighted by atomic mass is 32.1. The molecular weight excluding hydrogens is 322 g/mol. The van der Waals surface area contributed by atoms with Crippen molar-refractivity contribution in [2.75, 3.05) is 11.9 Å². The molecule has 0 aliphatic heterocycles. The second kappa shape index (κ2) is 5.61. The Bertz CT molecular complexity index is 1210. The Hall–Kier alpha value is -2.84. The molecule has 1 nitrogen and oxygen atoms in total. The molecule has 0 aliphatic rings. The van der Waals surface area contributed by atoms with Gasteiger partial charge in [0.1, 0.15) is 0 Å². The van der Waals surface area contributed by atoms with Crippen LogP contribution in [0.1, 0.15) is 0 Å². The van der Waals surface area contributed by atoms with E-state index in [9.17, 15) is 0 Å². The first-order valence-corrected chi connectivity index (χ1v) is 9.26. The zero-order valence-electron chi connectivity index (χ0n) is 13.9. The summed E-state index contributed by atoms with van der Waals surface area (Å²) in [7, 11) is 2.17. The molecule has 120 valence electrons. The first-order valence-electron chi connectivity index (χ1n) is 8.45. The van der Waals surface area contributed by atoms with Crippen molar-refractivity contribution in [3.05, 3.63) is 84.9 Å². The number of hydrogen-bond acceptors (Lipinski definition) is 2. The standard InChI is InChI=1S/C23H17NS/c1-24(20-13-6-9-16-8-2-3-10-17(16)20)21-14-7-12-19-18-11-4-5-15-22(18)25-23(19)21/h2-15H,1H3. The van der Waals surface area contributed by atoms with Crippen LogP contribution < -0.4 is 4.90 Å². The van der Waals surface area contributed by atoms with E-state index in [2.05, 4.69) is 96.9 Å². The molecule has 1 aromatic heterocycles. The average molecular weight is 339 g/mol. The molecule has 0 N–H and O–H groups in total. The molecule has 2 heteroatoms. The Morgan fingerprint density at radius 3 is 2.16 bits per heavy atom. The van der Waals surface area contributed by atoms with Gasteiger partial charge in [-0.3, -0.25) is 0 Å².